The number of aliphatic hydroxyl groups is 1. The van der Waals surface area contributed by atoms with Gasteiger partial charge < -0.3 is 26.0 Å². The summed E-state index contributed by atoms with van der Waals surface area (Å²) in [6, 6.07) is 0.137. The van der Waals surface area contributed by atoms with E-state index in [0.29, 0.717) is 11.3 Å². The summed E-state index contributed by atoms with van der Waals surface area (Å²) in [7, 11) is 0. The third-order valence-corrected chi connectivity index (χ3v) is 4.40. The molecule has 8 heteroatoms. The van der Waals surface area contributed by atoms with Crippen LogP contribution in [0.25, 0.3) is 11.0 Å². The summed E-state index contributed by atoms with van der Waals surface area (Å²) in [4.78, 5) is 21.1. The van der Waals surface area contributed by atoms with Crippen LogP contribution in [-0.4, -0.2) is 46.7 Å². The van der Waals surface area contributed by atoms with E-state index in [1.54, 1.807) is 12.4 Å². The first-order valence-electron chi connectivity index (χ1n) is 7.17. The maximum atomic E-state index is 11.5. The Hall–Kier alpha value is -1.64. The normalized spacial score (nSPS) is 18.7. The largest absolute Gasteiger partial charge is 0.387 e. The Bertz CT molecular complexity index is 702. The number of nitrogens with two attached hydrogens (primary N) is 1. The standard InChI is InChI=1S/C14H18BrN5O2/c15-9-4-17-14-12(10(5-18-14)19-11(22)7-21)13(9)20-3-1-2-8(16)6-20/h4-5,8,21H,1-3,6-7,16H2,(H,17,18)(H,19,22)/t8-/m1/s1. The number of pyridine rings is 1. The lowest BCUT2D eigenvalue weighted by atomic mass is 10.1. The molecule has 22 heavy (non-hydrogen) atoms. The van der Waals surface area contributed by atoms with Gasteiger partial charge in [-0.3, -0.25) is 4.79 Å². The number of nitrogens with zero attached hydrogens (tertiary/aromatic N) is 2. The summed E-state index contributed by atoms with van der Waals surface area (Å²) < 4.78 is 0.855. The lowest BCUT2D eigenvalue weighted by Gasteiger charge is -2.33. The van der Waals surface area contributed by atoms with Gasteiger partial charge in [-0.05, 0) is 28.8 Å². The third-order valence-electron chi connectivity index (χ3n) is 3.82. The number of H-pyrrole nitrogens is 1. The van der Waals surface area contributed by atoms with E-state index in [-0.39, 0.29) is 6.04 Å². The van der Waals surface area contributed by atoms with Gasteiger partial charge in [0.15, 0.2) is 0 Å². The molecule has 7 nitrogen and oxygen atoms in total. The molecule has 0 saturated carbocycles. The highest BCUT2D eigenvalue weighted by Crippen LogP contribution is 2.38. The first-order valence-corrected chi connectivity index (χ1v) is 7.96. The topological polar surface area (TPSA) is 107 Å². The van der Waals surface area contributed by atoms with Gasteiger partial charge in [0, 0.05) is 31.5 Å². The molecule has 1 aliphatic rings. The Morgan fingerprint density at radius 3 is 3.18 bits per heavy atom. The second kappa shape index (κ2) is 6.23. The highest BCUT2D eigenvalue weighted by molar-refractivity contribution is 9.10. The van der Waals surface area contributed by atoms with Crippen molar-refractivity contribution in [3.05, 3.63) is 16.9 Å². The molecule has 118 valence electrons. The maximum absolute atomic E-state index is 11.5. The van der Waals surface area contributed by atoms with Crippen molar-refractivity contribution in [1.29, 1.82) is 0 Å². The smallest absolute Gasteiger partial charge is 0.250 e. The number of amides is 1. The Balaban J connectivity index is 2.08. The van der Waals surface area contributed by atoms with Crippen molar-refractivity contribution in [3.63, 3.8) is 0 Å². The predicted octanol–water partition coefficient (Wildman–Crippen LogP) is 1.18. The number of anilines is 2. The first-order chi connectivity index (χ1) is 10.6. The van der Waals surface area contributed by atoms with Crippen LogP contribution < -0.4 is 16.0 Å². The van der Waals surface area contributed by atoms with Gasteiger partial charge in [0.2, 0.25) is 5.91 Å². The van der Waals surface area contributed by atoms with E-state index in [1.165, 1.54) is 0 Å². The summed E-state index contributed by atoms with van der Waals surface area (Å²) in [6.45, 7) is 1.11. The quantitative estimate of drug-likeness (QED) is 0.651. The van der Waals surface area contributed by atoms with Crippen molar-refractivity contribution in [2.24, 2.45) is 5.73 Å². The number of hydrogen-bond acceptors (Lipinski definition) is 5. The van der Waals surface area contributed by atoms with Crippen molar-refractivity contribution in [1.82, 2.24) is 9.97 Å². The monoisotopic (exact) mass is 367 g/mol. The van der Waals surface area contributed by atoms with Crippen LogP contribution in [0.15, 0.2) is 16.9 Å². The Labute approximate surface area is 136 Å². The third kappa shape index (κ3) is 2.81. The molecule has 0 radical (unpaired) electrons. The van der Waals surface area contributed by atoms with E-state index in [0.717, 1.165) is 41.5 Å². The molecule has 0 spiro atoms. The van der Waals surface area contributed by atoms with E-state index in [4.69, 9.17) is 10.8 Å². The average Bonchev–Trinajstić information content (AvgIpc) is 2.90. The minimum atomic E-state index is -0.558. The van der Waals surface area contributed by atoms with Gasteiger partial charge in [0.1, 0.15) is 12.3 Å². The van der Waals surface area contributed by atoms with Crippen LogP contribution in [0, 0.1) is 0 Å². The van der Waals surface area contributed by atoms with Crippen LogP contribution in [0.2, 0.25) is 0 Å². The Kier molecular flexibility index (Phi) is 4.32. The zero-order valence-corrected chi connectivity index (χ0v) is 13.6. The molecule has 5 N–H and O–H groups in total. The van der Waals surface area contributed by atoms with Crippen molar-refractivity contribution in [2.45, 2.75) is 18.9 Å². The van der Waals surface area contributed by atoms with Crippen molar-refractivity contribution >= 4 is 44.2 Å². The maximum Gasteiger partial charge on any atom is 0.250 e. The summed E-state index contributed by atoms with van der Waals surface area (Å²) in [6.07, 6.45) is 5.47. The molecule has 3 heterocycles. The molecule has 1 atom stereocenters. The summed E-state index contributed by atoms with van der Waals surface area (Å²) >= 11 is 3.55. The molecule has 1 aliphatic heterocycles. The van der Waals surface area contributed by atoms with Gasteiger partial charge >= 0.3 is 0 Å². The zero-order valence-electron chi connectivity index (χ0n) is 12.0. The zero-order chi connectivity index (χ0) is 15.7. The summed E-state index contributed by atoms with van der Waals surface area (Å²) in [5.74, 6) is -0.456. The van der Waals surface area contributed by atoms with Crippen LogP contribution in [0.1, 0.15) is 12.8 Å². The minimum absolute atomic E-state index is 0.137. The molecular weight excluding hydrogens is 350 g/mol. The fraction of sp³-hybridized carbons (Fsp3) is 0.429. The van der Waals surface area contributed by atoms with Crippen LogP contribution in [0.3, 0.4) is 0 Å². The van der Waals surface area contributed by atoms with Gasteiger partial charge in [-0.1, -0.05) is 0 Å². The number of aromatic nitrogens is 2. The van der Waals surface area contributed by atoms with Crippen molar-refractivity contribution in [2.75, 3.05) is 29.9 Å². The number of hydrogen-bond donors (Lipinski definition) is 4. The molecule has 0 aliphatic carbocycles. The molecule has 1 fully saturated rings. The van der Waals surface area contributed by atoms with Crippen molar-refractivity contribution < 1.29 is 9.90 Å². The van der Waals surface area contributed by atoms with E-state index in [1.807, 2.05) is 0 Å². The minimum Gasteiger partial charge on any atom is -0.387 e. The number of carbonyl (C=O) groups excluding carboxylic acids is 1. The number of aliphatic hydroxyl groups excluding tert-OH is 1. The fourth-order valence-corrected chi connectivity index (χ4v) is 3.42. The molecular formula is C14H18BrN5O2. The molecule has 3 rings (SSSR count). The second-order valence-corrected chi connectivity index (χ2v) is 6.29. The summed E-state index contributed by atoms with van der Waals surface area (Å²) in [5.41, 5.74) is 8.35. The molecule has 1 amide bonds. The van der Waals surface area contributed by atoms with Gasteiger partial charge in [0.25, 0.3) is 0 Å². The molecule has 2 aromatic rings. The fourth-order valence-electron chi connectivity index (χ4n) is 2.87. The molecule has 0 unspecified atom stereocenters. The SMILES string of the molecule is N[C@@H]1CCCN(c2c(Br)cnc3[nH]cc(NC(=O)CO)c23)C1. The number of carbonyl (C=O) groups is 1. The lowest BCUT2D eigenvalue weighted by Crippen LogP contribution is -2.43. The van der Waals surface area contributed by atoms with Gasteiger partial charge in [-0.25, -0.2) is 4.98 Å². The molecule has 2 aromatic heterocycles. The van der Waals surface area contributed by atoms with Crippen LogP contribution in [0.5, 0.6) is 0 Å². The van der Waals surface area contributed by atoms with E-state index >= 15 is 0 Å². The van der Waals surface area contributed by atoms with Crippen molar-refractivity contribution in [3.8, 4) is 0 Å². The number of fused-ring (bicyclic) bond motifs is 1. The van der Waals surface area contributed by atoms with E-state index in [2.05, 4.69) is 36.1 Å². The Morgan fingerprint density at radius 1 is 1.64 bits per heavy atom. The van der Waals surface area contributed by atoms with Gasteiger partial charge in [-0.15, -0.1) is 0 Å². The predicted molar refractivity (Wildman–Crippen MR) is 88.9 cm³/mol. The van der Waals surface area contributed by atoms with E-state index < -0.39 is 12.5 Å². The highest BCUT2D eigenvalue weighted by Gasteiger charge is 2.23. The molecule has 1 saturated heterocycles. The highest BCUT2D eigenvalue weighted by atomic mass is 79.9. The van der Waals surface area contributed by atoms with Gasteiger partial charge in [0.05, 0.1) is 21.2 Å². The summed E-state index contributed by atoms with van der Waals surface area (Å²) in [5, 5.41) is 12.5. The number of piperidine rings is 1. The number of nitrogens with one attached hydrogen (secondary N) is 2. The number of halogens is 1. The van der Waals surface area contributed by atoms with Gasteiger partial charge in [-0.2, -0.15) is 0 Å². The van der Waals surface area contributed by atoms with Crippen LogP contribution >= 0.6 is 15.9 Å². The van der Waals surface area contributed by atoms with Crippen LogP contribution in [0.4, 0.5) is 11.4 Å². The number of aromatic amines is 1. The van der Waals surface area contributed by atoms with E-state index in [9.17, 15) is 4.79 Å². The second-order valence-electron chi connectivity index (χ2n) is 5.44. The Morgan fingerprint density at radius 2 is 2.45 bits per heavy atom. The lowest BCUT2D eigenvalue weighted by molar-refractivity contribution is -0.118. The first kappa shape index (κ1) is 15.3. The molecule has 0 bridgehead atoms. The molecule has 0 aromatic carbocycles. The number of rotatable bonds is 3. The van der Waals surface area contributed by atoms with Crippen LogP contribution in [-0.2, 0) is 4.79 Å². The average molecular weight is 368 g/mol.